The molecule has 1 atom stereocenters. The third kappa shape index (κ3) is 4.53. The molecule has 4 nitrogen and oxygen atoms in total. The van der Waals surface area contributed by atoms with E-state index in [4.69, 9.17) is 5.73 Å². The van der Waals surface area contributed by atoms with Crippen molar-refractivity contribution in [3.8, 4) is 11.3 Å². The van der Waals surface area contributed by atoms with Crippen LogP contribution in [-0.4, -0.2) is 16.9 Å². The second kappa shape index (κ2) is 7.22. The summed E-state index contributed by atoms with van der Waals surface area (Å²) in [5.74, 6) is -0.202. The summed E-state index contributed by atoms with van der Waals surface area (Å²) in [5.41, 5.74) is 8.77. The summed E-state index contributed by atoms with van der Waals surface area (Å²) in [7, 11) is 0. The van der Waals surface area contributed by atoms with Crippen LogP contribution in [0.2, 0.25) is 0 Å². The number of nitrogens with one attached hydrogen (secondary N) is 1. The summed E-state index contributed by atoms with van der Waals surface area (Å²) >= 11 is 1.41. The van der Waals surface area contributed by atoms with Crippen molar-refractivity contribution in [1.82, 2.24) is 4.98 Å². The fourth-order valence-electron chi connectivity index (χ4n) is 1.76. The number of aryl methyl sites for hydroxylation is 1. The summed E-state index contributed by atoms with van der Waals surface area (Å²) in [6.45, 7) is 7.87. The van der Waals surface area contributed by atoms with Gasteiger partial charge in [0.15, 0.2) is 5.13 Å². The molecule has 6 heteroatoms. The summed E-state index contributed by atoms with van der Waals surface area (Å²) in [6.07, 6.45) is 0. The minimum Gasteiger partial charge on any atom is -0.319 e. The van der Waals surface area contributed by atoms with Gasteiger partial charge in [0.2, 0.25) is 5.91 Å². The van der Waals surface area contributed by atoms with Crippen LogP contribution in [0, 0.1) is 12.3 Å². The lowest BCUT2D eigenvalue weighted by atomic mass is 9.87. The highest BCUT2D eigenvalue weighted by atomic mass is 35.5. The number of halogens is 1. The number of nitrogens with zero attached hydrogens (tertiary/aromatic N) is 1. The van der Waals surface area contributed by atoms with Crippen molar-refractivity contribution < 1.29 is 4.79 Å². The van der Waals surface area contributed by atoms with Crippen LogP contribution in [0.15, 0.2) is 29.6 Å². The normalized spacial score (nSPS) is 12.4. The highest BCUT2D eigenvalue weighted by molar-refractivity contribution is 7.14. The molecule has 0 radical (unpaired) electrons. The number of rotatable bonds is 3. The predicted molar refractivity (Wildman–Crippen MR) is 95.6 cm³/mol. The zero-order valence-electron chi connectivity index (χ0n) is 13.2. The minimum atomic E-state index is -0.566. The quantitative estimate of drug-likeness (QED) is 0.892. The van der Waals surface area contributed by atoms with Gasteiger partial charge in [0.1, 0.15) is 0 Å². The molecule has 120 valence electrons. The lowest BCUT2D eigenvalue weighted by Gasteiger charge is -2.25. The van der Waals surface area contributed by atoms with Crippen LogP contribution in [0.4, 0.5) is 5.13 Å². The molecule has 2 aromatic rings. The van der Waals surface area contributed by atoms with Crippen LogP contribution in [0.5, 0.6) is 0 Å². The zero-order chi connectivity index (χ0) is 15.6. The molecular formula is C16H22ClN3OS. The molecule has 0 aliphatic rings. The number of hydrogen-bond acceptors (Lipinski definition) is 4. The first-order chi connectivity index (χ1) is 9.77. The van der Waals surface area contributed by atoms with E-state index in [1.165, 1.54) is 16.9 Å². The molecule has 1 heterocycles. The van der Waals surface area contributed by atoms with Gasteiger partial charge in [0.25, 0.3) is 0 Å². The van der Waals surface area contributed by atoms with Gasteiger partial charge in [-0.1, -0.05) is 50.6 Å². The topological polar surface area (TPSA) is 68.0 Å². The van der Waals surface area contributed by atoms with Crippen LogP contribution >= 0.6 is 23.7 Å². The molecule has 0 spiro atoms. The van der Waals surface area contributed by atoms with Gasteiger partial charge in [-0.25, -0.2) is 4.98 Å². The first kappa shape index (κ1) is 18.6. The number of benzene rings is 1. The summed E-state index contributed by atoms with van der Waals surface area (Å²) in [5, 5.41) is 5.31. The highest BCUT2D eigenvalue weighted by Gasteiger charge is 2.27. The smallest absolute Gasteiger partial charge is 0.243 e. The van der Waals surface area contributed by atoms with E-state index in [-0.39, 0.29) is 23.7 Å². The van der Waals surface area contributed by atoms with Gasteiger partial charge in [-0.2, -0.15) is 0 Å². The van der Waals surface area contributed by atoms with Crippen LogP contribution in [-0.2, 0) is 4.79 Å². The third-order valence-corrected chi connectivity index (χ3v) is 4.05. The van der Waals surface area contributed by atoms with E-state index >= 15 is 0 Å². The Kier molecular flexibility index (Phi) is 6.11. The van der Waals surface area contributed by atoms with E-state index in [0.29, 0.717) is 5.13 Å². The maximum Gasteiger partial charge on any atom is 0.243 e. The number of thiazole rings is 1. The zero-order valence-corrected chi connectivity index (χ0v) is 14.8. The molecule has 1 amide bonds. The molecular weight excluding hydrogens is 318 g/mol. The first-order valence-electron chi connectivity index (χ1n) is 6.86. The van der Waals surface area contributed by atoms with E-state index in [9.17, 15) is 4.79 Å². The maximum atomic E-state index is 12.1. The summed E-state index contributed by atoms with van der Waals surface area (Å²) in [6, 6.07) is 7.57. The van der Waals surface area contributed by atoms with Gasteiger partial charge in [0, 0.05) is 10.9 Å². The Morgan fingerprint density at radius 1 is 1.27 bits per heavy atom. The fraction of sp³-hybridized carbons (Fsp3) is 0.375. The van der Waals surface area contributed by atoms with E-state index < -0.39 is 6.04 Å². The van der Waals surface area contributed by atoms with E-state index in [2.05, 4.69) is 10.3 Å². The Balaban J connectivity index is 0.00000242. The van der Waals surface area contributed by atoms with Gasteiger partial charge in [0.05, 0.1) is 11.7 Å². The largest absolute Gasteiger partial charge is 0.319 e. The van der Waals surface area contributed by atoms with Crippen molar-refractivity contribution in [3.63, 3.8) is 0 Å². The van der Waals surface area contributed by atoms with Crippen molar-refractivity contribution in [2.75, 3.05) is 5.32 Å². The monoisotopic (exact) mass is 339 g/mol. The third-order valence-electron chi connectivity index (χ3n) is 3.30. The molecule has 0 bridgehead atoms. The predicted octanol–water partition coefficient (Wildman–Crippen LogP) is 3.85. The Morgan fingerprint density at radius 2 is 1.86 bits per heavy atom. The SMILES string of the molecule is Cc1ccc(-c2csc(NC(=O)[C@@H](N)C(C)(C)C)n2)cc1.Cl. The number of anilines is 1. The Bertz CT molecular complexity index is 632. The molecule has 0 saturated carbocycles. The van der Waals surface area contributed by atoms with Crippen LogP contribution in [0.3, 0.4) is 0 Å². The number of aromatic nitrogens is 1. The summed E-state index contributed by atoms with van der Waals surface area (Å²) < 4.78 is 0. The molecule has 2 rings (SSSR count). The molecule has 1 aromatic heterocycles. The minimum absolute atomic E-state index is 0. The Labute approximate surface area is 141 Å². The lowest BCUT2D eigenvalue weighted by molar-refractivity contribution is -0.119. The van der Waals surface area contributed by atoms with E-state index in [0.717, 1.165) is 11.3 Å². The van der Waals surface area contributed by atoms with Gasteiger partial charge < -0.3 is 11.1 Å². The molecule has 0 saturated heterocycles. The fourth-order valence-corrected chi connectivity index (χ4v) is 2.49. The number of amides is 1. The number of carbonyl (C=O) groups is 1. The highest BCUT2D eigenvalue weighted by Crippen LogP contribution is 2.26. The van der Waals surface area contributed by atoms with Crippen LogP contribution in [0.25, 0.3) is 11.3 Å². The van der Waals surface area contributed by atoms with Crippen LogP contribution in [0.1, 0.15) is 26.3 Å². The van der Waals surface area contributed by atoms with Crippen molar-refractivity contribution in [2.45, 2.75) is 33.7 Å². The van der Waals surface area contributed by atoms with E-state index in [1.807, 2.05) is 57.3 Å². The number of nitrogens with two attached hydrogens (primary N) is 1. The standard InChI is InChI=1S/C16H21N3OS.ClH/c1-10-5-7-11(8-6-10)12-9-21-15(18-12)19-14(20)13(17)16(2,3)4;/h5-9,13H,17H2,1-4H3,(H,18,19,20);1H/t13-;/m1./s1. The number of carbonyl (C=O) groups excluding carboxylic acids is 1. The summed E-state index contributed by atoms with van der Waals surface area (Å²) in [4.78, 5) is 16.5. The molecule has 22 heavy (non-hydrogen) atoms. The molecule has 0 fully saturated rings. The van der Waals surface area contributed by atoms with Gasteiger partial charge in [-0.15, -0.1) is 23.7 Å². The second-order valence-corrected chi connectivity index (χ2v) is 7.09. The van der Waals surface area contributed by atoms with Gasteiger partial charge >= 0.3 is 0 Å². The van der Waals surface area contributed by atoms with Crippen molar-refractivity contribution in [1.29, 1.82) is 0 Å². The van der Waals surface area contributed by atoms with Crippen LogP contribution < -0.4 is 11.1 Å². The van der Waals surface area contributed by atoms with Gasteiger partial charge in [-0.05, 0) is 12.3 Å². The number of hydrogen-bond donors (Lipinski definition) is 2. The molecule has 0 aliphatic heterocycles. The Morgan fingerprint density at radius 3 is 2.41 bits per heavy atom. The molecule has 3 N–H and O–H groups in total. The lowest BCUT2D eigenvalue weighted by Crippen LogP contribution is -2.45. The van der Waals surface area contributed by atoms with E-state index in [1.54, 1.807) is 0 Å². The van der Waals surface area contributed by atoms with Crippen molar-refractivity contribution in [3.05, 3.63) is 35.2 Å². The molecule has 0 aliphatic carbocycles. The maximum absolute atomic E-state index is 12.1. The average molecular weight is 340 g/mol. The second-order valence-electron chi connectivity index (χ2n) is 6.24. The average Bonchev–Trinajstić information content (AvgIpc) is 2.86. The molecule has 1 aromatic carbocycles. The van der Waals surface area contributed by atoms with Gasteiger partial charge in [-0.3, -0.25) is 4.79 Å². The Hall–Kier alpha value is -1.43. The molecule has 0 unspecified atom stereocenters. The van der Waals surface area contributed by atoms with Crippen molar-refractivity contribution in [2.24, 2.45) is 11.1 Å². The van der Waals surface area contributed by atoms with Crippen molar-refractivity contribution >= 4 is 34.8 Å². The first-order valence-corrected chi connectivity index (χ1v) is 7.74.